The molecule has 8 heteroatoms. The smallest absolute Gasteiger partial charge is 0.480 e. The van der Waals surface area contributed by atoms with Crippen LogP contribution < -0.4 is 35.0 Å². The second kappa shape index (κ2) is 5.96. The SMILES string of the molecule is O=C(O)Cn1cc([N+](=O)[O-])c(=O)c2ccccc21.[Na+]. The maximum absolute atomic E-state index is 11.8. The molecule has 1 N–H and O–H groups in total. The molecule has 1 heterocycles. The van der Waals surface area contributed by atoms with E-state index < -0.39 is 28.6 Å². The number of para-hydroxylation sites is 1. The molecule has 0 amide bonds. The Morgan fingerprint density at radius 1 is 1.37 bits per heavy atom. The Labute approximate surface area is 128 Å². The van der Waals surface area contributed by atoms with Crippen molar-refractivity contribution in [3.63, 3.8) is 0 Å². The first-order valence-corrected chi connectivity index (χ1v) is 4.99. The summed E-state index contributed by atoms with van der Waals surface area (Å²) in [5.41, 5.74) is -0.984. The Kier molecular flexibility index (Phi) is 4.82. The van der Waals surface area contributed by atoms with Gasteiger partial charge in [0.05, 0.1) is 22.0 Å². The van der Waals surface area contributed by atoms with Crippen LogP contribution in [0.4, 0.5) is 5.69 Å². The number of hydrogen-bond acceptors (Lipinski definition) is 4. The van der Waals surface area contributed by atoms with Crippen LogP contribution in [0.5, 0.6) is 0 Å². The van der Waals surface area contributed by atoms with Gasteiger partial charge in [-0.3, -0.25) is 19.7 Å². The largest absolute Gasteiger partial charge is 1.00 e. The zero-order valence-corrected chi connectivity index (χ0v) is 12.1. The molecule has 2 aromatic rings. The van der Waals surface area contributed by atoms with E-state index >= 15 is 0 Å². The van der Waals surface area contributed by atoms with Crippen molar-refractivity contribution in [3.05, 3.63) is 50.8 Å². The number of hydrogen-bond donors (Lipinski definition) is 1. The van der Waals surface area contributed by atoms with Gasteiger partial charge in [-0.05, 0) is 12.1 Å². The Balaban J connectivity index is 0.00000180. The van der Waals surface area contributed by atoms with E-state index in [9.17, 15) is 19.7 Å². The maximum Gasteiger partial charge on any atom is 1.00 e. The summed E-state index contributed by atoms with van der Waals surface area (Å²) >= 11 is 0. The number of aromatic nitrogens is 1. The molecule has 0 saturated heterocycles. The van der Waals surface area contributed by atoms with Gasteiger partial charge in [-0.25, -0.2) is 0 Å². The quantitative estimate of drug-likeness (QED) is 0.395. The molecule has 0 aliphatic heterocycles. The topological polar surface area (TPSA) is 102 Å². The summed E-state index contributed by atoms with van der Waals surface area (Å²) in [5.74, 6) is -1.14. The number of benzene rings is 1. The number of carbonyl (C=O) groups is 1. The summed E-state index contributed by atoms with van der Waals surface area (Å²) in [6, 6.07) is 6.18. The zero-order valence-electron chi connectivity index (χ0n) is 10.1. The van der Waals surface area contributed by atoms with Gasteiger partial charge in [-0.2, -0.15) is 0 Å². The van der Waals surface area contributed by atoms with Crippen molar-refractivity contribution in [2.45, 2.75) is 6.54 Å². The van der Waals surface area contributed by atoms with Gasteiger partial charge in [0.25, 0.3) is 5.43 Å². The minimum Gasteiger partial charge on any atom is -0.480 e. The van der Waals surface area contributed by atoms with Crippen molar-refractivity contribution >= 4 is 22.6 Å². The predicted molar refractivity (Wildman–Crippen MR) is 62.5 cm³/mol. The van der Waals surface area contributed by atoms with Gasteiger partial charge in [0, 0.05) is 0 Å². The van der Waals surface area contributed by atoms with Crippen molar-refractivity contribution in [3.8, 4) is 0 Å². The van der Waals surface area contributed by atoms with Crippen molar-refractivity contribution in [1.82, 2.24) is 4.57 Å². The van der Waals surface area contributed by atoms with Crippen LogP contribution in [0.15, 0.2) is 35.3 Å². The van der Waals surface area contributed by atoms with E-state index in [1.165, 1.54) is 10.6 Å². The van der Waals surface area contributed by atoms with Crippen LogP contribution in [0.25, 0.3) is 10.9 Å². The third-order valence-electron chi connectivity index (χ3n) is 2.47. The fourth-order valence-electron chi connectivity index (χ4n) is 1.74. The van der Waals surface area contributed by atoms with E-state index in [2.05, 4.69) is 0 Å². The summed E-state index contributed by atoms with van der Waals surface area (Å²) in [6.45, 7) is -0.443. The number of pyridine rings is 1. The maximum atomic E-state index is 11.8. The first-order valence-electron chi connectivity index (χ1n) is 4.99. The Hall–Kier alpha value is -1.70. The van der Waals surface area contributed by atoms with Crippen LogP contribution in [0.3, 0.4) is 0 Å². The van der Waals surface area contributed by atoms with Crippen LogP contribution in [0.1, 0.15) is 0 Å². The number of carboxylic acid groups (broad SMARTS) is 1. The summed E-state index contributed by atoms with van der Waals surface area (Å²) in [5, 5.41) is 19.6. The van der Waals surface area contributed by atoms with Crippen LogP contribution >= 0.6 is 0 Å². The predicted octanol–water partition coefficient (Wildman–Crippen LogP) is -2.00. The fourth-order valence-corrected chi connectivity index (χ4v) is 1.74. The van der Waals surface area contributed by atoms with Crippen LogP contribution in [0, 0.1) is 10.1 Å². The molecule has 19 heavy (non-hydrogen) atoms. The monoisotopic (exact) mass is 271 g/mol. The molecule has 0 aliphatic carbocycles. The van der Waals surface area contributed by atoms with E-state index in [4.69, 9.17) is 5.11 Å². The van der Waals surface area contributed by atoms with Gasteiger partial charge in [0.15, 0.2) is 0 Å². The summed E-state index contributed by atoms with van der Waals surface area (Å²) in [4.78, 5) is 32.5. The van der Waals surface area contributed by atoms with Crippen LogP contribution in [-0.2, 0) is 11.3 Å². The van der Waals surface area contributed by atoms with E-state index in [0.717, 1.165) is 6.20 Å². The Morgan fingerprint density at radius 3 is 2.58 bits per heavy atom. The third kappa shape index (κ3) is 3.01. The number of nitro groups is 1. The molecule has 0 aliphatic rings. The summed E-state index contributed by atoms with van der Waals surface area (Å²) in [7, 11) is 0. The molecule has 2 rings (SSSR count). The number of aliphatic carboxylic acids is 1. The van der Waals surface area contributed by atoms with Gasteiger partial charge in [0.1, 0.15) is 6.54 Å². The van der Waals surface area contributed by atoms with Crippen molar-refractivity contribution < 1.29 is 44.4 Å². The first-order chi connectivity index (χ1) is 8.50. The molecular formula is C11H8N2NaO5+. The number of fused-ring (bicyclic) bond motifs is 1. The average Bonchev–Trinajstić information content (AvgIpc) is 2.32. The molecule has 0 unspecified atom stereocenters. The number of carboxylic acids is 1. The molecule has 92 valence electrons. The molecular weight excluding hydrogens is 263 g/mol. The molecule has 0 saturated carbocycles. The Morgan fingerprint density at radius 2 is 2.00 bits per heavy atom. The van der Waals surface area contributed by atoms with Gasteiger partial charge < -0.3 is 9.67 Å². The molecule has 1 aromatic carbocycles. The second-order valence-corrected chi connectivity index (χ2v) is 3.64. The zero-order chi connectivity index (χ0) is 13.3. The van der Waals surface area contributed by atoms with Gasteiger partial charge in [-0.15, -0.1) is 0 Å². The minimum absolute atomic E-state index is 0. The van der Waals surface area contributed by atoms with E-state index in [1.54, 1.807) is 18.2 Å². The van der Waals surface area contributed by atoms with Crippen molar-refractivity contribution in [2.24, 2.45) is 0 Å². The van der Waals surface area contributed by atoms with E-state index in [1.807, 2.05) is 0 Å². The number of rotatable bonds is 3. The molecule has 0 fully saturated rings. The normalized spacial score (nSPS) is 9.89. The molecule has 0 spiro atoms. The van der Waals surface area contributed by atoms with Crippen molar-refractivity contribution in [1.29, 1.82) is 0 Å². The summed E-state index contributed by atoms with van der Waals surface area (Å²) < 4.78 is 1.18. The molecule has 0 radical (unpaired) electrons. The fraction of sp³-hybridized carbons (Fsp3) is 0.0909. The second-order valence-electron chi connectivity index (χ2n) is 3.64. The Bertz CT molecular complexity index is 710. The molecule has 7 nitrogen and oxygen atoms in total. The number of nitrogens with zero attached hydrogens (tertiary/aromatic N) is 2. The standard InChI is InChI=1S/C11H8N2O5.Na/c14-10(15)6-12-5-9(13(17)18)11(16)7-3-1-2-4-8(7)12;/h1-5H,6H2,(H,14,15);/q;+1. The van der Waals surface area contributed by atoms with Gasteiger partial charge in [0.2, 0.25) is 0 Å². The minimum atomic E-state index is -1.14. The average molecular weight is 271 g/mol. The van der Waals surface area contributed by atoms with Crippen LogP contribution in [0.2, 0.25) is 0 Å². The van der Waals surface area contributed by atoms with E-state index in [0.29, 0.717) is 5.52 Å². The molecule has 0 bridgehead atoms. The van der Waals surface area contributed by atoms with Gasteiger partial charge >= 0.3 is 41.2 Å². The molecule has 1 aromatic heterocycles. The van der Waals surface area contributed by atoms with Crippen molar-refractivity contribution in [2.75, 3.05) is 0 Å². The first kappa shape index (κ1) is 15.4. The van der Waals surface area contributed by atoms with Crippen LogP contribution in [-0.4, -0.2) is 20.6 Å². The third-order valence-corrected chi connectivity index (χ3v) is 2.47. The van der Waals surface area contributed by atoms with E-state index in [-0.39, 0.29) is 34.9 Å². The van der Waals surface area contributed by atoms with Gasteiger partial charge in [-0.1, -0.05) is 12.1 Å². The molecule has 0 atom stereocenters. The summed E-state index contributed by atoms with van der Waals surface area (Å²) in [6.07, 6.45) is 0.957.